The van der Waals surface area contributed by atoms with Crippen molar-refractivity contribution in [2.24, 2.45) is 5.92 Å². The number of hydrogen-bond acceptors (Lipinski definition) is 3. The number of nitrogens with zero attached hydrogens (tertiary/aromatic N) is 1. The van der Waals surface area contributed by atoms with Crippen LogP contribution in [0.2, 0.25) is 0 Å². The molecule has 2 rings (SSSR count). The first kappa shape index (κ1) is 17.2. The molecule has 1 aromatic rings. The quantitative estimate of drug-likeness (QED) is 0.624. The highest BCUT2D eigenvalue weighted by molar-refractivity contribution is 6.11. The van der Waals surface area contributed by atoms with Crippen LogP contribution in [-0.4, -0.2) is 39.7 Å². The van der Waals surface area contributed by atoms with Crippen molar-refractivity contribution >= 4 is 17.7 Å². The summed E-state index contributed by atoms with van der Waals surface area (Å²) in [6.45, 7) is 9.32. The number of aryl methyl sites for hydroxylation is 2. The van der Waals surface area contributed by atoms with Gasteiger partial charge in [-0.05, 0) is 45.6 Å². The van der Waals surface area contributed by atoms with Crippen molar-refractivity contribution in [2.45, 2.75) is 53.0 Å². The number of Topliss-reactive ketones (excluding diaryl/α,β-unsaturated/α-hetero) is 1. The predicted molar refractivity (Wildman–Crippen MR) is 87.3 cm³/mol. The van der Waals surface area contributed by atoms with E-state index in [1.807, 2.05) is 6.92 Å². The van der Waals surface area contributed by atoms with Gasteiger partial charge in [-0.2, -0.15) is 0 Å². The highest BCUT2D eigenvalue weighted by atomic mass is 16.2. The second-order valence-corrected chi connectivity index (χ2v) is 7.00. The van der Waals surface area contributed by atoms with E-state index in [0.717, 1.165) is 22.7 Å². The monoisotopic (exact) mass is 319 g/mol. The van der Waals surface area contributed by atoms with Gasteiger partial charge in [0.2, 0.25) is 0 Å². The predicted octanol–water partition coefficient (Wildman–Crippen LogP) is 2.56. The van der Waals surface area contributed by atoms with Crippen LogP contribution >= 0.6 is 0 Å². The molecule has 1 aromatic heterocycles. The fraction of sp³-hybridized carbons (Fsp3) is 0.588. The van der Waals surface area contributed by atoms with E-state index in [9.17, 15) is 14.4 Å². The standard InChI is InChI=1S/C17H25N3O3/c1-10(2)6-7-17(5)15(22)20(16(23)19-17)9-14(21)13-8-11(3)18-12(13)4/h8,10,18H,6-7,9H2,1-5H3,(H,19,23)/t17-/m0/s1. The Balaban J connectivity index is 2.11. The Morgan fingerprint density at radius 3 is 2.48 bits per heavy atom. The molecule has 6 nitrogen and oxygen atoms in total. The molecule has 1 aliphatic heterocycles. The first-order valence-electron chi connectivity index (χ1n) is 7.97. The summed E-state index contributed by atoms with van der Waals surface area (Å²) in [5.41, 5.74) is 1.25. The third-order valence-corrected chi connectivity index (χ3v) is 4.32. The zero-order valence-corrected chi connectivity index (χ0v) is 14.4. The normalized spacial score (nSPS) is 21.2. The Hall–Kier alpha value is -2.11. The number of imide groups is 1. The number of H-pyrrole nitrogens is 1. The Morgan fingerprint density at radius 1 is 1.30 bits per heavy atom. The third kappa shape index (κ3) is 3.46. The van der Waals surface area contributed by atoms with E-state index in [2.05, 4.69) is 24.1 Å². The number of nitrogens with one attached hydrogen (secondary N) is 2. The van der Waals surface area contributed by atoms with Gasteiger partial charge in [0.15, 0.2) is 5.78 Å². The number of aromatic amines is 1. The Morgan fingerprint density at radius 2 is 1.96 bits per heavy atom. The maximum Gasteiger partial charge on any atom is 0.325 e. The second kappa shape index (κ2) is 6.18. The van der Waals surface area contributed by atoms with E-state index in [0.29, 0.717) is 17.9 Å². The minimum absolute atomic E-state index is 0.222. The minimum atomic E-state index is -0.912. The largest absolute Gasteiger partial charge is 0.362 e. The van der Waals surface area contributed by atoms with Crippen LogP contribution in [0.25, 0.3) is 0 Å². The summed E-state index contributed by atoms with van der Waals surface area (Å²) in [6, 6.07) is 1.26. The molecule has 2 N–H and O–H groups in total. The van der Waals surface area contributed by atoms with Crippen molar-refractivity contribution in [3.8, 4) is 0 Å². The average Bonchev–Trinajstić information content (AvgIpc) is 2.89. The molecule has 0 radical (unpaired) electrons. The summed E-state index contributed by atoms with van der Waals surface area (Å²) in [7, 11) is 0. The molecule has 126 valence electrons. The Bertz CT molecular complexity index is 648. The van der Waals surface area contributed by atoms with Crippen LogP contribution in [0.15, 0.2) is 6.07 Å². The summed E-state index contributed by atoms with van der Waals surface area (Å²) in [5, 5.41) is 2.74. The van der Waals surface area contributed by atoms with Gasteiger partial charge in [-0.15, -0.1) is 0 Å². The van der Waals surface area contributed by atoms with Crippen LogP contribution in [0.3, 0.4) is 0 Å². The van der Waals surface area contributed by atoms with Crippen molar-refractivity contribution in [1.82, 2.24) is 15.2 Å². The van der Waals surface area contributed by atoms with Gasteiger partial charge in [0, 0.05) is 17.0 Å². The van der Waals surface area contributed by atoms with Gasteiger partial charge in [0.25, 0.3) is 5.91 Å². The molecule has 23 heavy (non-hydrogen) atoms. The molecule has 1 fully saturated rings. The number of rotatable bonds is 6. The molecule has 0 aromatic carbocycles. The van der Waals surface area contributed by atoms with Gasteiger partial charge in [-0.1, -0.05) is 13.8 Å². The van der Waals surface area contributed by atoms with E-state index < -0.39 is 11.6 Å². The lowest BCUT2D eigenvalue weighted by molar-refractivity contribution is -0.130. The van der Waals surface area contributed by atoms with Crippen LogP contribution in [0.1, 0.15) is 55.4 Å². The Labute approximate surface area is 136 Å². The van der Waals surface area contributed by atoms with Gasteiger partial charge >= 0.3 is 6.03 Å². The molecule has 1 aliphatic rings. The van der Waals surface area contributed by atoms with Crippen molar-refractivity contribution in [2.75, 3.05) is 6.54 Å². The Kier molecular flexibility index (Phi) is 4.63. The molecule has 1 saturated heterocycles. The molecule has 1 atom stereocenters. The number of hydrogen-bond donors (Lipinski definition) is 2. The van der Waals surface area contributed by atoms with Gasteiger partial charge < -0.3 is 10.3 Å². The van der Waals surface area contributed by atoms with Crippen LogP contribution in [0.5, 0.6) is 0 Å². The summed E-state index contributed by atoms with van der Waals surface area (Å²) >= 11 is 0. The van der Waals surface area contributed by atoms with Gasteiger partial charge in [-0.3, -0.25) is 14.5 Å². The van der Waals surface area contributed by atoms with Crippen molar-refractivity contribution in [3.63, 3.8) is 0 Å². The van der Waals surface area contributed by atoms with E-state index in [1.54, 1.807) is 19.9 Å². The summed E-state index contributed by atoms with van der Waals surface area (Å²) in [4.78, 5) is 41.2. The summed E-state index contributed by atoms with van der Waals surface area (Å²) in [5.74, 6) is -0.109. The smallest absolute Gasteiger partial charge is 0.325 e. The van der Waals surface area contributed by atoms with Crippen molar-refractivity contribution in [1.29, 1.82) is 0 Å². The number of carbonyl (C=O) groups is 3. The molecule has 2 heterocycles. The van der Waals surface area contributed by atoms with Crippen LogP contribution in [-0.2, 0) is 4.79 Å². The number of ketones is 1. The first-order valence-corrected chi connectivity index (χ1v) is 7.97. The molecule has 0 saturated carbocycles. The fourth-order valence-electron chi connectivity index (χ4n) is 2.88. The SMILES string of the molecule is Cc1cc(C(=O)CN2C(=O)N[C@@](C)(CCC(C)C)C2=O)c(C)[nH]1. The minimum Gasteiger partial charge on any atom is -0.362 e. The van der Waals surface area contributed by atoms with E-state index in [4.69, 9.17) is 0 Å². The molecule has 0 bridgehead atoms. The molecule has 0 aliphatic carbocycles. The highest BCUT2D eigenvalue weighted by Gasteiger charge is 2.47. The van der Waals surface area contributed by atoms with Crippen molar-refractivity contribution < 1.29 is 14.4 Å². The molecule has 0 spiro atoms. The molecule has 0 unspecified atom stereocenters. The molecule has 6 heteroatoms. The van der Waals surface area contributed by atoms with Crippen molar-refractivity contribution in [3.05, 3.63) is 23.0 Å². The van der Waals surface area contributed by atoms with Crippen LogP contribution in [0.4, 0.5) is 4.79 Å². The first-order chi connectivity index (χ1) is 10.6. The number of urea groups is 1. The van der Waals surface area contributed by atoms with Crippen LogP contribution < -0.4 is 5.32 Å². The number of amides is 3. The molecular weight excluding hydrogens is 294 g/mol. The number of aromatic nitrogens is 1. The average molecular weight is 319 g/mol. The summed E-state index contributed by atoms with van der Waals surface area (Å²) in [6.07, 6.45) is 1.41. The third-order valence-electron chi connectivity index (χ3n) is 4.32. The zero-order valence-electron chi connectivity index (χ0n) is 14.4. The molecule has 3 amide bonds. The van der Waals surface area contributed by atoms with Gasteiger partial charge in [0.05, 0.1) is 6.54 Å². The van der Waals surface area contributed by atoms with Crippen LogP contribution in [0, 0.1) is 19.8 Å². The highest BCUT2D eigenvalue weighted by Crippen LogP contribution is 2.25. The molecular formula is C17H25N3O3. The fourth-order valence-corrected chi connectivity index (χ4v) is 2.88. The van der Waals surface area contributed by atoms with Gasteiger partial charge in [0.1, 0.15) is 5.54 Å². The topological polar surface area (TPSA) is 82.3 Å². The summed E-state index contributed by atoms with van der Waals surface area (Å²) < 4.78 is 0. The lowest BCUT2D eigenvalue weighted by atomic mass is 9.92. The maximum atomic E-state index is 12.6. The lowest BCUT2D eigenvalue weighted by Crippen LogP contribution is -2.44. The lowest BCUT2D eigenvalue weighted by Gasteiger charge is -2.22. The maximum absolute atomic E-state index is 12.6. The number of carbonyl (C=O) groups excluding carboxylic acids is 3. The van der Waals surface area contributed by atoms with E-state index in [-0.39, 0.29) is 18.2 Å². The van der Waals surface area contributed by atoms with E-state index in [1.165, 1.54) is 0 Å². The second-order valence-electron chi connectivity index (χ2n) is 7.00. The zero-order chi connectivity index (χ0) is 17.4. The van der Waals surface area contributed by atoms with Gasteiger partial charge in [-0.25, -0.2) is 4.79 Å². The van der Waals surface area contributed by atoms with E-state index >= 15 is 0 Å².